The molecular weight excluding hydrogens is 296 g/mol. The van der Waals surface area contributed by atoms with Gasteiger partial charge in [-0.15, -0.1) is 0 Å². The third-order valence-corrected chi connectivity index (χ3v) is 4.91. The van der Waals surface area contributed by atoms with Crippen LogP contribution in [0.5, 0.6) is 0 Å². The molecule has 1 aromatic heterocycles. The molecule has 1 N–H and O–H groups in total. The number of aromatic nitrogens is 2. The van der Waals surface area contributed by atoms with Gasteiger partial charge in [-0.25, -0.2) is 4.98 Å². The predicted octanol–water partition coefficient (Wildman–Crippen LogP) is 4.47. The van der Waals surface area contributed by atoms with Crippen LogP contribution in [-0.4, -0.2) is 23.1 Å². The van der Waals surface area contributed by atoms with E-state index in [4.69, 9.17) is 4.98 Å². The number of benzene rings is 1. The van der Waals surface area contributed by atoms with Crippen molar-refractivity contribution in [3.63, 3.8) is 0 Å². The Morgan fingerprint density at radius 3 is 2.96 bits per heavy atom. The molecule has 2 aliphatic rings. The number of anilines is 3. The van der Waals surface area contributed by atoms with Crippen LogP contribution in [0.15, 0.2) is 48.2 Å². The summed E-state index contributed by atoms with van der Waals surface area (Å²) in [5.41, 5.74) is 4.21. The van der Waals surface area contributed by atoms with Crippen LogP contribution in [0.4, 0.5) is 17.5 Å². The summed E-state index contributed by atoms with van der Waals surface area (Å²) in [5, 5.41) is 3.46. The summed E-state index contributed by atoms with van der Waals surface area (Å²) in [4.78, 5) is 11.4. The fourth-order valence-electron chi connectivity index (χ4n) is 3.61. The number of nitrogens with zero attached hydrogens (tertiary/aromatic N) is 3. The lowest BCUT2D eigenvalue weighted by molar-refractivity contribution is 0.679. The molecule has 0 radical (unpaired) electrons. The number of fused-ring (bicyclic) bond motifs is 1. The lowest BCUT2D eigenvalue weighted by Gasteiger charge is -2.18. The standard InChI is InChI=1S/C20H24N4/c1-2-6-16(7-3-1)10-13-21-19-11-14-22-20(23-19)24-15-12-17-8-4-5-9-18(17)24/h4-6,8-9,11,14H,1-3,7,10,12-13,15H2,(H,21,22,23). The van der Waals surface area contributed by atoms with Gasteiger partial charge in [0.2, 0.25) is 5.95 Å². The van der Waals surface area contributed by atoms with E-state index in [1.165, 1.54) is 36.9 Å². The van der Waals surface area contributed by atoms with Crippen LogP contribution in [0.25, 0.3) is 0 Å². The number of para-hydroxylation sites is 1. The minimum absolute atomic E-state index is 0.793. The maximum atomic E-state index is 4.72. The Balaban J connectivity index is 1.42. The van der Waals surface area contributed by atoms with E-state index in [0.717, 1.165) is 37.7 Å². The molecular formula is C20H24N4. The highest BCUT2D eigenvalue weighted by molar-refractivity contribution is 5.66. The number of rotatable bonds is 5. The van der Waals surface area contributed by atoms with E-state index in [1.807, 2.05) is 12.3 Å². The van der Waals surface area contributed by atoms with Crippen LogP contribution in [-0.2, 0) is 6.42 Å². The molecule has 4 rings (SSSR count). The first kappa shape index (κ1) is 15.2. The van der Waals surface area contributed by atoms with Gasteiger partial charge in [-0.2, -0.15) is 4.98 Å². The third-order valence-electron chi connectivity index (χ3n) is 4.91. The molecule has 124 valence electrons. The summed E-state index contributed by atoms with van der Waals surface area (Å²) in [6, 6.07) is 10.5. The molecule has 1 aliphatic carbocycles. The Hall–Kier alpha value is -2.36. The second-order valence-electron chi connectivity index (χ2n) is 6.56. The monoisotopic (exact) mass is 320 g/mol. The summed E-state index contributed by atoms with van der Waals surface area (Å²) in [6.45, 7) is 1.90. The first-order valence-corrected chi connectivity index (χ1v) is 9.00. The fourth-order valence-corrected chi connectivity index (χ4v) is 3.61. The summed E-state index contributed by atoms with van der Waals surface area (Å²) in [6.07, 6.45) is 11.7. The summed E-state index contributed by atoms with van der Waals surface area (Å²) < 4.78 is 0. The molecule has 0 saturated carbocycles. The van der Waals surface area contributed by atoms with E-state index in [0.29, 0.717) is 0 Å². The molecule has 1 aliphatic heterocycles. The zero-order chi connectivity index (χ0) is 16.2. The number of hydrogen-bond donors (Lipinski definition) is 1. The van der Waals surface area contributed by atoms with Crippen LogP contribution in [0.1, 0.15) is 37.7 Å². The van der Waals surface area contributed by atoms with Crippen LogP contribution >= 0.6 is 0 Å². The quantitative estimate of drug-likeness (QED) is 0.825. The van der Waals surface area contributed by atoms with Crippen LogP contribution in [0.3, 0.4) is 0 Å². The average Bonchev–Trinajstić information content (AvgIpc) is 3.07. The Morgan fingerprint density at radius 2 is 2.04 bits per heavy atom. The summed E-state index contributed by atoms with van der Waals surface area (Å²) in [5.74, 6) is 1.71. The smallest absolute Gasteiger partial charge is 0.231 e. The van der Waals surface area contributed by atoms with E-state index in [9.17, 15) is 0 Å². The zero-order valence-corrected chi connectivity index (χ0v) is 14.0. The molecule has 0 spiro atoms. The maximum absolute atomic E-state index is 4.72. The largest absolute Gasteiger partial charge is 0.370 e. The van der Waals surface area contributed by atoms with E-state index >= 15 is 0 Å². The molecule has 0 saturated heterocycles. The fraction of sp³-hybridized carbons (Fsp3) is 0.400. The van der Waals surface area contributed by atoms with Gasteiger partial charge in [-0.3, -0.25) is 0 Å². The van der Waals surface area contributed by atoms with Crippen molar-refractivity contribution in [3.8, 4) is 0 Å². The second kappa shape index (κ2) is 7.04. The highest BCUT2D eigenvalue weighted by Crippen LogP contribution is 2.32. The summed E-state index contributed by atoms with van der Waals surface area (Å²) >= 11 is 0. The van der Waals surface area contributed by atoms with Crippen LogP contribution in [0, 0.1) is 0 Å². The molecule has 0 unspecified atom stereocenters. The maximum Gasteiger partial charge on any atom is 0.231 e. The van der Waals surface area contributed by atoms with Gasteiger partial charge in [0.25, 0.3) is 0 Å². The highest BCUT2D eigenvalue weighted by atomic mass is 15.3. The Kier molecular flexibility index (Phi) is 4.45. The van der Waals surface area contributed by atoms with E-state index < -0.39 is 0 Å². The van der Waals surface area contributed by atoms with Crippen molar-refractivity contribution < 1.29 is 0 Å². The van der Waals surface area contributed by atoms with Crippen LogP contribution in [0.2, 0.25) is 0 Å². The van der Waals surface area contributed by atoms with Crippen molar-refractivity contribution in [3.05, 3.63) is 53.7 Å². The molecule has 0 amide bonds. The predicted molar refractivity (Wildman–Crippen MR) is 98.8 cm³/mol. The molecule has 24 heavy (non-hydrogen) atoms. The third kappa shape index (κ3) is 3.28. The number of nitrogens with one attached hydrogen (secondary N) is 1. The molecule has 4 nitrogen and oxygen atoms in total. The highest BCUT2D eigenvalue weighted by Gasteiger charge is 2.21. The lowest BCUT2D eigenvalue weighted by Crippen LogP contribution is -2.17. The van der Waals surface area contributed by atoms with Crippen molar-refractivity contribution in [2.45, 2.75) is 38.5 Å². The van der Waals surface area contributed by atoms with Gasteiger partial charge in [0.05, 0.1) is 0 Å². The SMILES string of the molecule is C1=C(CCNc2ccnc(N3CCc4ccccc43)n2)CCCC1. The number of allylic oxidation sites excluding steroid dienone is 1. The van der Waals surface area contributed by atoms with Gasteiger partial charge < -0.3 is 10.2 Å². The molecule has 0 atom stereocenters. The van der Waals surface area contributed by atoms with Gasteiger partial charge >= 0.3 is 0 Å². The van der Waals surface area contributed by atoms with Gasteiger partial charge in [-0.05, 0) is 56.2 Å². The molecule has 0 fully saturated rings. The summed E-state index contributed by atoms with van der Waals surface area (Å²) in [7, 11) is 0. The molecule has 2 aromatic rings. The topological polar surface area (TPSA) is 41.1 Å². The van der Waals surface area contributed by atoms with Gasteiger partial charge in [-0.1, -0.05) is 29.8 Å². The molecule has 2 heterocycles. The first-order chi connectivity index (χ1) is 11.9. The van der Waals surface area contributed by atoms with E-state index in [1.54, 1.807) is 5.57 Å². The normalized spacial score (nSPS) is 16.7. The Bertz CT molecular complexity index is 738. The molecule has 1 aromatic carbocycles. The van der Waals surface area contributed by atoms with Crippen molar-refractivity contribution in [1.29, 1.82) is 0 Å². The van der Waals surface area contributed by atoms with Crippen molar-refractivity contribution in [2.24, 2.45) is 0 Å². The first-order valence-electron chi connectivity index (χ1n) is 9.00. The van der Waals surface area contributed by atoms with Crippen molar-refractivity contribution in [2.75, 3.05) is 23.3 Å². The Labute approximate surface area is 143 Å². The average molecular weight is 320 g/mol. The van der Waals surface area contributed by atoms with Crippen molar-refractivity contribution >= 4 is 17.5 Å². The minimum Gasteiger partial charge on any atom is -0.370 e. The molecule has 0 bridgehead atoms. The lowest BCUT2D eigenvalue weighted by atomic mass is 9.97. The van der Waals surface area contributed by atoms with E-state index in [-0.39, 0.29) is 0 Å². The second-order valence-corrected chi connectivity index (χ2v) is 6.56. The zero-order valence-electron chi connectivity index (χ0n) is 14.0. The van der Waals surface area contributed by atoms with Gasteiger partial charge in [0, 0.05) is 25.0 Å². The van der Waals surface area contributed by atoms with E-state index in [2.05, 4.69) is 45.5 Å². The molecule has 4 heteroatoms. The van der Waals surface area contributed by atoms with Gasteiger partial charge in [0.15, 0.2) is 0 Å². The van der Waals surface area contributed by atoms with Gasteiger partial charge in [0.1, 0.15) is 5.82 Å². The van der Waals surface area contributed by atoms with Crippen molar-refractivity contribution in [1.82, 2.24) is 9.97 Å². The minimum atomic E-state index is 0.793. The number of hydrogen-bond acceptors (Lipinski definition) is 4. The van der Waals surface area contributed by atoms with Crippen LogP contribution < -0.4 is 10.2 Å². The Morgan fingerprint density at radius 1 is 1.08 bits per heavy atom.